The van der Waals surface area contributed by atoms with Gasteiger partial charge in [-0.05, 0) is 126 Å². The molecule has 0 amide bonds. The van der Waals surface area contributed by atoms with Gasteiger partial charge in [0.25, 0.3) is 0 Å². The maximum atomic E-state index is 14.2. The summed E-state index contributed by atoms with van der Waals surface area (Å²) < 4.78 is 52.9. The zero-order valence-corrected chi connectivity index (χ0v) is 47.8. The molecule has 1 saturated heterocycles. The third-order valence-electron chi connectivity index (χ3n) is 15.4. The van der Waals surface area contributed by atoms with Gasteiger partial charge < -0.3 is 37.0 Å². The monoisotopic (exact) mass is 967 g/mol. The Morgan fingerprint density at radius 1 is 0.862 bits per heavy atom. The molecule has 11 atom stereocenters. The third kappa shape index (κ3) is 17.4. The molecule has 2 heterocycles. The zero-order chi connectivity index (χ0) is 49.2. The van der Waals surface area contributed by atoms with E-state index in [2.05, 4.69) is 115 Å². The van der Waals surface area contributed by atoms with Crippen LogP contribution in [-0.2, 0) is 46.6 Å². The van der Waals surface area contributed by atoms with E-state index in [4.69, 9.17) is 37.0 Å². The normalized spacial score (nSPS) is 27.7. The lowest BCUT2D eigenvalue weighted by Gasteiger charge is -2.40. The van der Waals surface area contributed by atoms with Crippen molar-refractivity contribution < 1.29 is 46.6 Å². The highest BCUT2D eigenvalue weighted by atomic mass is 28.4. The molecule has 0 aromatic carbocycles. The van der Waals surface area contributed by atoms with Crippen LogP contribution in [0, 0.1) is 17.8 Å². The fraction of sp³-hybridized carbons (Fsp3) is 0.846. The Morgan fingerprint density at radius 2 is 1.43 bits per heavy atom. The Bertz CT molecular complexity index is 1480. The van der Waals surface area contributed by atoms with Crippen LogP contribution in [0.4, 0.5) is 0 Å². The number of carbonyl (C=O) groups excluding carboxylic acids is 2. The SMILES string of the molecule is CCOC(C)OC1(C)CCC(O[Si](CC)(CC)CC)CC(=O)OC(C(C)C/C=C/C(C)(/C=C2/OC2C(C)C(CC)O[Si](CC)(CC)CC)O[Si](CC)(CC)CC)C(C)/C=C/C1OC(C)=O. The van der Waals surface area contributed by atoms with Gasteiger partial charge in [0.15, 0.2) is 37.3 Å². The first-order valence-electron chi connectivity index (χ1n) is 26.1. The van der Waals surface area contributed by atoms with E-state index in [1.165, 1.54) is 6.92 Å². The van der Waals surface area contributed by atoms with Crippen molar-refractivity contribution in [3.8, 4) is 0 Å². The Balaban J connectivity index is 2.60. The first kappa shape index (κ1) is 59.5. The predicted molar refractivity (Wildman–Crippen MR) is 274 cm³/mol. The van der Waals surface area contributed by atoms with Crippen molar-refractivity contribution in [2.75, 3.05) is 6.61 Å². The second-order valence-electron chi connectivity index (χ2n) is 19.8. The van der Waals surface area contributed by atoms with Gasteiger partial charge in [-0.3, -0.25) is 9.59 Å². The summed E-state index contributed by atoms with van der Waals surface area (Å²) in [5.74, 6) is 0.299. The van der Waals surface area contributed by atoms with Gasteiger partial charge in [-0.25, -0.2) is 0 Å². The predicted octanol–water partition coefficient (Wildman–Crippen LogP) is 13.8. The van der Waals surface area contributed by atoms with Gasteiger partial charge in [0, 0.05) is 25.4 Å². The van der Waals surface area contributed by atoms with Gasteiger partial charge in [-0.1, -0.05) is 108 Å². The summed E-state index contributed by atoms with van der Waals surface area (Å²) in [5.41, 5.74) is -1.63. The quantitative estimate of drug-likeness (QED) is 0.0247. The van der Waals surface area contributed by atoms with E-state index in [1.54, 1.807) is 0 Å². The Hall–Kier alpha value is -1.59. The van der Waals surface area contributed by atoms with E-state index in [0.29, 0.717) is 25.9 Å². The number of cyclic esters (lactones) is 1. The van der Waals surface area contributed by atoms with Crippen molar-refractivity contribution in [1.82, 2.24) is 0 Å². The van der Waals surface area contributed by atoms with Crippen LogP contribution < -0.4 is 0 Å². The van der Waals surface area contributed by atoms with Crippen molar-refractivity contribution in [2.24, 2.45) is 17.8 Å². The van der Waals surface area contributed by atoms with Crippen LogP contribution in [0.25, 0.3) is 0 Å². The summed E-state index contributed by atoms with van der Waals surface area (Å²) in [6, 6.07) is 9.35. The number of carbonyl (C=O) groups is 2. The molecule has 0 bridgehead atoms. The molecule has 0 N–H and O–H groups in total. The van der Waals surface area contributed by atoms with Crippen LogP contribution >= 0.6 is 0 Å². The van der Waals surface area contributed by atoms with Gasteiger partial charge in [0.1, 0.15) is 23.6 Å². The smallest absolute Gasteiger partial charge is 0.308 e. The lowest BCUT2D eigenvalue weighted by Crippen LogP contribution is -2.48. The van der Waals surface area contributed by atoms with Crippen molar-refractivity contribution >= 4 is 36.9 Å². The summed E-state index contributed by atoms with van der Waals surface area (Å²) in [6.07, 6.45) is 11.4. The number of allylic oxidation sites excluding steroid dienone is 1. The number of hydrogen-bond acceptors (Lipinski definition) is 10. The van der Waals surface area contributed by atoms with Gasteiger partial charge in [0.2, 0.25) is 0 Å². The van der Waals surface area contributed by atoms with Crippen LogP contribution in [0.1, 0.15) is 157 Å². The summed E-state index contributed by atoms with van der Waals surface area (Å²) in [4.78, 5) is 26.8. The maximum Gasteiger partial charge on any atom is 0.308 e. The highest BCUT2D eigenvalue weighted by Crippen LogP contribution is 2.42. The zero-order valence-electron chi connectivity index (χ0n) is 44.8. The lowest BCUT2D eigenvalue weighted by atomic mass is 9.86. The molecule has 65 heavy (non-hydrogen) atoms. The second-order valence-corrected chi connectivity index (χ2v) is 33.9. The van der Waals surface area contributed by atoms with Crippen LogP contribution in [0.5, 0.6) is 0 Å². The van der Waals surface area contributed by atoms with Crippen LogP contribution in [-0.4, -0.2) is 91.5 Å². The molecule has 0 spiro atoms. The molecule has 10 nitrogen and oxygen atoms in total. The van der Waals surface area contributed by atoms with Crippen molar-refractivity contribution in [3.63, 3.8) is 0 Å². The summed E-state index contributed by atoms with van der Waals surface area (Å²) >= 11 is 0. The molecule has 0 aliphatic carbocycles. The number of esters is 2. The Morgan fingerprint density at radius 3 is 1.94 bits per heavy atom. The first-order chi connectivity index (χ1) is 30.6. The minimum atomic E-state index is -2.12. The van der Waals surface area contributed by atoms with E-state index in [9.17, 15) is 9.59 Å². The number of ether oxygens (including phenoxy) is 5. The molecule has 0 aromatic rings. The number of hydrogen-bond donors (Lipinski definition) is 0. The molecule has 13 heteroatoms. The molecule has 0 aromatic heterocycles. The molecule has 1 fully saturated rings. The van der Waals surface area contributed by atoms with Gasteiger partial charge in [-0.2, -0.15) is 0 Å². The fourth-order valence-electron chi connectivity index (χ4n) is 10.1. The highest BCUT2D eigenvalue weighted by molar-refractivity contribution is 6.74. The van der Waals surface area contributed by atoms with Crippen LogP contribution in [0.3, 0.4) is 0 Å². The van der Waals surface area contributed by atoms with E-state index in [1.807, 2.05) is 32.9 Å². The molecule has 11 unspecified atom stereocenters. The fourth-order valence-corrected chi connectivity index (χ4v) is 19.1. The molecule has 2 rings (SSSR count). The molecule has 0 saturated carbocycles. The largest absolute Gasteiger partial charge is 0.483 e. The summed E-state index contributed by atoms with van der Waals surface area (Å²) in [6.45, 7) is 38.9. The number of rotatable bonds is 28. The summed E-state index contributed by atoms with van der Waals surface area (Å²) in [7, 11) is -5.98. The molecular formula is C52H98O10Si3. The average molecular weight is 968 g/mol. The van der Waals surface area contributed by atoms with E-state index >= 15 is 0 Å². The molecule has 2 aliphatic heterocycles. The second kappa shape index (κ2) is 27.6. The van der Waals surface area contributed by atoms with Gasteiger partial charge in [-0.15, -0.1) is 0 Å². The Labute approximate surface area is 401 Å². The minimum absolute atomic E-state index is 0.00902. The van der Waals surface area contributed by atoms with Crippen molar-refractivity contribution in [3.05, 3.63) is 36.1 Å². The first-order valence-corrected chi connectivity index (χ1v) is 33.7. The van der Waals surface area contributed by atoms with E-state index < -0.39 is 60.6 Å². The maximum absolute atomic E-state index is 14.2. The third-order valence-corrected chi connectivity index (χ3v) is 29.5. The Kier molecular flexibility index (Phi) is 25.2. The standard InChI is InChI=1S/C52H98O10Si3/c1-19-45(61-64(24-6,25-7)26-8)41(14)50-46(57-50)38-51(17,62-65(27-9,28-10)29-11)35-30-31-39(12)49-40(13)32-33-47(56-42(15)53)52(18,59-43(16)55-20-2)36-34-44(37-48(54)58-49)60-63(21-3,22-4)23-5/h30,32-33,35,38-41,43-45,47,49-50H,19-29,31,34,36-37H2,1-18H3/b33-32+,35-30+,46-38+. The van der Waals surface area contributed by atoms with E-state index in [-0.39, 0.29) is 48.5 Å². The van der Waals surface area contributed by atoms with Crippen molar-refractivity contribution in [2.45, 2.75) is 259 Å². The average Bonchev–Trinajstić information content (AvgIpc) is 4.05. The van der Waals surface area contributed by atoms with Crippen LogP contribution in [0.2, 0.25) is 54.4 Å². The molecule has 2 aliphatic rings. The van der Waals surface area contributed by atoms with Gasteiger partial charge >= 0.3 is 11.9 Å². The molecular weight excluding hydrogens is 869 g/mol. The highest BCUT2D eigenvalue weighted by Gasteiger charge is 2.47. The van der Waals surface area contributed by atoms with E-state index in [0.717, 1.165) is 66.6 Å². The number of epoxide rings is 1. The molecule has 378 valence electrons. The van der Waals surface area contributed by atoms with Crippen LogP contribution in [0.15, 0.2) is 36.1 Å². The van der Waals surface area contributed by atoms with Crippen molar-refractivity contribution in [1.29, 1.82) is 0 Å². The lowest BCUT2D eigenvalue weighted by molar-refractivity contribution is -0.227. The minimum Gasteiger partial charge on any atom is -0.483 e. The topological polar surface area (TPSA) is 111 Å². The summed E-state index contributed by atoms with van der Waals surface area (Å²) in [5, 5.41) is 0. The van der Waals surface area contributed by atoms with Gasteiger partial charge in [0.05, 0.1) is 24.2 Å². The molecule has 0 radical (unpaired) electrons.